The zero-order valence-electron chi connectivity index (χ0n) is 13.1. The summed E-state index contributed by atoms with van der Waals surface area (Å²) < 4.78 is 4.65. The summed E-state index contributed by atoms with van der Waals surface area (Å²) in [5, 5.41) is 6.72. The van der Waals surface area contributed by atoms with Gasteiger partial charge >= 0.3 is 5.97 Å². The van der Waals surface area contributed by atoms with Crippen LogP contribution in [0, 0.1) is 5.92 Å². The summed E-state index contributed by atoms with van der Waals surface area (Å²) >= 11 is 6.06. The number of halogens is 1. The van der Waals surface area contributed by atoms with Crippen molar-refractivity contribution in [2.45, 2.75) is 44.2 Å². The van der Waals surface area contributed by atoms with Gasteiger partial charge in [-0.25, -0.2) is 4.79 Å². The van der Waals surface area contributed by atoms with Crippen molar-refractivity contribution in [2.24, 2.45) is 5.92 Å². The van der Waals surface area contributed by atoms with Crippen LogP contribution in [-0.4, -0.2) is 31.1 Å². The monoisotopic (exact) mass is 336 g/mol. The summed E-state index contributed by atoms with van der Waals surface area (Å²) in [7, 11) is 1.31. The van der Waals surface area contributed by atoms with E-state index in [-0.39, 0.29) is 10.9 Å². The number of ether oxygens (including phenoxy) is 1. The molecular formula is C17H21ClN2O3. The molecule has 2 unspecified atom stereocenters. The van der Waals surface area contributed by atoms with E-state index in [0.29, 0.717) is 35.7 Å². The van der Waals surface area contributed by atoms with Gasteiger partial charge in [0.2, 0.25) is 5.91 Å². The number of anilines is 1. The third-order valence-electron chi connectivity index (χ3n) is 4.70. The van der Waals surface area contributed by atoms with E-state index >= 15 is 0 Å². The SMILES string of the molecule is COC(=O)c1ccc(NC(=O)CC2CC3CCC(C2)N3)cc1Cl. The van der Waals surface area contributed by atoms with Crippen LogP contribution in [0.2, 0.25) is 5.02 Å². The van der Waals surface area contributed by atoms with E-state index in [9.17, 15) is 9.59 Å². The molecule has 2 saturated heterocycles. The van der Waals surface area contributed by atoms with Crippen LogP contribution in [0.5, 0.6) is 0 Å². The van der Waals surface area contributed by atoms with Gasteiger partial charge in [0.15, 0.2) is 0 Å². The molecular weight excluding hydrogens is 316 g/mol. The summed E-state index contributed by atoms with van der Waals surface area (Å²) in [5.74, 6) is -0.0465. The fraction of sp³-hybridized carbons (Fsp3) is 0.529. The molecule has 2 aliphatic rings. The zero-order chi connectivity index (χ0) is 16.4. The second kappa shape index (κ2) is 6.89. The van der Waals surface area contributed by atoms with Crippen LogP contribution >= 0.6 is 11.6 Å². The molecule has 3 rings (SSSR count). The number of hydrogen-bond donors (Lipinski definition) is 2. The molecule has 0 spiro atoms. The maximum Gasteiger partial charge on any atom is 0.339 e. The van der Waals surface area contributed by atoms with Gasteiger partial charge in [0.25, 0.3) is 0 Å². The largest absolute Gasteiger partial charge is 0.465 e. The van der Waals surface area contributed by atoms with Gasteiger partial charge in [0.05, 0.1) is 17.7 Å². The van der Waals surface area contributed by atoms with Crippen molar-refractivity contribution in [1.82, 2.24) is 5.32 Å². The summed E-state index contributed by atoms with van der Waals surface area (Å²) in [6.45, 7) is 0. The predicted octanol–water partition coefficient (Wildman–Crippen LogP) is 2.99. The highest BCUT2D eigenvalue weighted by molar-refractivity contribution is 6.33. The number of benzene rings is 1. The molecule has 0 aliphatic carbocycles. The second-order valence-electron chi connectivity index (χ2n) is 6.41. The molecule has 5 nitrogen and oxygen atoms in total. The number of carbonyl (C=O) groups excluding carboxylic acids is 2. The first-order valence-electron chi connectivity index (χ1n) is 7.99. The standard InChI is InChI=1S/C17H21ClN2O3/c1-23-17(22)14-5-4-13(9-15(14)18)20-16(21)8-10-6-11-2-3-12(7-10)19-11/h4-5,9-12,19H,2-3,6-8H2,1H3,(H,20,21). The molecule has 6 heteroatoms. The molecule has 2 heterocycles. The predicted molar refractivity (Wildman–Crippen MR) is 88.7 cm³/mol. The van der Waals surface area contributed by atoms with E-state index in [0.717, 1.165) is 12.8 Å². The first-order valence-corrected chi connectivity index (χ1v) is 8.36. The molecule has 23 heavy (non-hydrogen) atoms. The summed E-state index contributed by atoms with van der Waals surface area (Å²) in [6.07, 6.45) is 5.14. The topological polar surface area (TPSA) is 67.4 Å². The second-order valence-corrected chi connectivity index (χ2v) is 6.82. The van der Waals surface area contributed by atoms with E-state index in [2.05, 4.69) is 15.4 Å². The lowest BCUT2D eigenvalue weighted by molar-refractivity contribution is -0.117. The minimum Gasteiger partial charge on any atom is -0.465 e. The zero-order valence-corrected chi connectivity index (χ0v) is 13.9. The van der Waals surface area contributed by atoms with Crippen LogP contribution in [0.15, 0.2) is 18.2 Å². The average molecular weight is 337 g/mol. The molecule has 1 aromatic carbocycles. The Morgan fingerprint density at radius 2 is 2.00 bits per heavy atom. The van der Waals surface area contributed by atoms with E-state index in [1.54, 1.807) is 18.2 Å². The minimum atomic E-state index is -0.488. The Kier molecular flexibility index (Phi) is 4.87. The van der Waals surface area contributed by atoms with E-state index in [4.69, 9.17) is 11.6 Å². The Morgan fingerprint density at radius 1 is 1.30 bits per heavy atom. The van der Waals surface area contributed by atoms with Crippen LogP contribution in [0.3, 0.4) is 0 Å². The van der Waals surface area contributed by atoms with Gasteiger partial charge in [-0.15, -0.1) is 0 Å². The smallest absolute Gasteiger partial charge is 0.339 e. The maximum absolute atomic E-state index is 12.2. The number of amides is 1. The summed E-state index contributed by atoms with van der Waals surface area (Å²) in [5.41, 5.74) is 0.895. The van der Waals surface area contributed by atoms with Crippen LogP contribution < -0.4 is 10.6 Å². The van der Waals surface area contributed by atoms with Crippen molar-refractivity contribution in [2.75, 3.05) is 12.4 Å². The van der Waals surface area contributed by atoms with E-state index < -0.39 is 5.97 Å². The molecule has 1 amide bonds. The van der Waals surface area contributed by atoms with Crippen molar-refractivity contribution in [3.8, 4) is 0 Å². The van der Waals surface area contributed by atoms with Crippen LogP contribution in [-0.2, 0) is 9.53 Å². The highest BCUT2D eigenvalue weighted by Gasteiger charge is 2.34. The number of carbonyl (C=O) groups is 2. The minimum absolute atomic E-state index is 0.00168. The Bertz CT molecular complexity index is 608. The number of nitrogens with one attached hydrogen (secondary N) is 2. The van der Waals surface area contributed by atoms with Gasteiger partial charge in [-0.3, -0.25) is 4.79 Å². The average Bonchev–Trinajstić information content (AvgIpc) is 2.85. The molecule has 0 saturated carbocycles. The van der Waals surface area contributed by atoms with Crippen LogP contribution in [0.4, 0.5) is 5.69 Å². The van der Waals surface area contributed by atoms with Crippen molar-refractivity contribution in [1.29, 1.82) is 0 Å². The van der Waals surface area contributed by atoms with Gasteiger partial charge in [-0.2, -0.15) is 0 Å². The summed E-state index contributed by atoms with van der Waals surface area (Å²) in [4.78, 5) is 23.7. The van der Waals surface area contributed by atoms with Gasteiger partial charge in [0.1, 0.15) is 0 Å². The third-order valence-corrected chi connectivity index (χ3v) is 5.02. The Hall–Kier alpha value is -1.59. The van der Waals surface area contributed by atoms with Crippen molar-refractivity contribution >= 4 is 29.2 Å². The molecule has 2 fully saturated rings. The number of rotatable bonds is 4. The van der Waals surface area contributed by atoms with Crippen molar-refractivity contribution < 1.29 is 14.3 Å². The van der Waals surface area contributed by atoms with Gasteiger partial charge in [0, 0.05) is 24.2 Å². The van der Waals surface area contributed by atoms with Gasteiger partial charge < -0.3 is 15.4 Å². The lowest BCUT2D eigenvalue weighted by Gasteiger charge is -2.28. The number of hydrogen-bond acceptors (Lipinski definition) is 4. The fourth-order valence-electron chi connectivity index (χ4n) is 3.68. The van der Waals surface area contributed by atoms with Crippen molar-refractivity contribution in [3.05, 3.63) is 28.8 Å². The quantitative estimate of drug-likeness (QED) is 0.829. The van der Waals surface area contributed by atoms with Gasteiger partial charge in [-0.1, -0.05) is 11.6 Å². The molecule has 2 bridgehead atoms. The third kappa shape index (κ3) is 3.85. The van der Waals surface area contributed by atoms with Crippen LogP contribution in [0.1, 0.15) is 42.5 Å². The maximum atomic E-state index is 12.2. The lowest BCUT2D eigenvalue weighted by atomic mass is 9.89. The summed E-state index contributed by atoms with van der Waals surface area (Å²) in [6, 6.07) is 5.98. The Morgan fingerprint density at radius 3 is 2.61 bits per heavy atom. The molecule has 0 radical (unpaired) electrons. The number of methoxy groups -OCH3 is 1. The molecule has 2 aliphatic heterocycles. The van der Waals surface area contributed by atoms with E-state index in [1.807, 2.05) is 0 Å². The first kappa shape index (κ1) is 16.3. The highest BCUT2D eigenvalue weighted by Crippen LogP contribution is 2.33. The fourth-order valence-corrected chi connectivity index (χ4v) is 3.94. The molecule has 2 atom stereocenters. The van der Waals surface area contributed by atoms with Crippen molar-refractivity contribution in [3.63, 3.8) is 0 Å². The molecule has 2 N–H and O–H groups in total. The Labute approximate surface area is 140 Å². The molecule has 0 aromatic heterocycles. The number of piperidine rings is 1. The normalized spacial score (nSPS) is 25.9. The van der Waals surface area contributed by atoms with E-state index in [1.165, 1.54) is 20.0 Å². The Balaban J connectivity index is 1.57. The first-order chi connectivity index (χ1) is 11.0. The molecule has 124 valence electrons. The van der Waals surface area contributed by atoms with Crippen LogP contribution in [0.25, 0.3) is 0 Å². The van der Waals surface area contributed by atoms with Gasteiger partial charge in [-0.05, 0) is 49.8 Å². The number of fused-ring (bicyclic) bond motifs is 2. The molecule has 1 aromatic rings. The lowest BCUT2D eigenvalue weighted by Crippen LogP contribution is -2.39. The number of esters is 1. The highest BCUT2D eigenvalue weighted by atomic mass is 35.5.